The van der Waals surface area contributed by atoms with E-state index in [1.54, 1.807) is 14.0 Å². The number of carbonyl (C=O) groups is 1. The molecule has 0 bridgehead atoms. The highest BCUT2D eigenvalue weighted by Crippen LogP contribution is 2.28. The van der Waals surface area contributed by atoms with Crippen LogP contribution in [0.4, 0.5) is 0 Å². The van der Waals surface area contributed by atoms with E-state index in [2.05, 4.69) is 10.3 Å². The summed E-state index contributed by atoms with van der Waals surface area (Å²) < 4.78 is 10.8. The second-order valence-electron chi connectivity index (χ2n) is 6.62. The van der Waals surface area contributed by atoms with Gasteiger partial charge in [-0.25, -0.2) is 4.98 Å². The van der Waals surface area contributed by atoms with Crippen LogP contribution in [0, 0.1) is 6.92 Å². The van der Waals surface area contributed by atoms with E-state index in [4.69, 9.17) is 9.15 Å². The van der Waals surface area contributed by atoms with Crippen LogP contribution in [0.2, 0.25) is 0 Å². The van der Waals surface area contributed by atoms with Crippen molar-refractivity contribution in [1.82, 2.24) is 10.3 Å². The highest BCUT2D eigenvalue weighted by Gasteiger charge is 2.30. The Labute approximate surface area is 147 Å². The first-order valence-electron chi connectivity index (χ1n) is 8.63. The summed E-state index contributed by atoms with van der Waals surface area (Å²) in [7, 11) is 1.60. The number of rotatable bonds is 5. The van der Waals surface area contributed by atoms with Gasteiger partial charge in [0.15, 0.2) is 5.69 Å². The predicted octanol–water partition coefficient (Wildman–Crippen LogP) is 3.08. The fraction of sp³-hybridized carbons (Fsp3) is 0.474. The van der Waals surface area contributed by atoms with E-state index in [0.29, 0.717) is 11.7 Å². The molecule has 0 spiro atoms. The molecule has 25 heavy (non-hydrogen) atoms. The lowest BCUT2D eigenvalue weighted by molar-refractivity contribution is 0.00520. The van der Waals surface area contributed by atoms with Crippen LogP contribution in [-0.4, -0.2) is 35.3 Å². The molecule has 1 aromatic carbocycles. The van der Waals surface area contributed by atoms with Crippen molar-refractivity contribution in [2.45, 2.75) is 44.6 Å². The molecule has 1 aliphatic carbocycles. The number of amides is 1. The fourth-order valence-corrected chi connectivity index (χ4v) is 3.18. The Hall–Kier alpha value is -2.34. The maximum absolute atomic E-state index is 12.4. The van der Waals surface area contributed by atoms with Gasteiger partial charge in [0.2, 0.25) is 5.89 Å². The van der Waals surface area contributed by atoms with Gasteiger partial charge in [-0.15, -0.1) is 0 Å². The van der Waals surface area contributed by atoms with Crippen molar-refractivity contribution in [3.63, 3.8) is 0 Å². The van der Waals surface area contributed by atoms with Crippen molar-refractivity contribution in [3.05, 3.63) is 35.7 Å². The van der Waals surface area contributed by atoms with Crippen LogP contribution in [-0.2, 0) is 0 Å². The Bertz CT molecular complexity index is 730. The number of oxazole rings is 1. The quantitative estimate of drug-likeness (QED) is 0.871. The van der Waals surface area contributed by atoms with Crippen LogP contribution in [0.15, 0.2) is 28.7 Å². The zero-order valence-electron chi connectivity index (χ0n) is 14.7. The van der Waals surface area contributed by atoms with Crippen LogP contribution in [0.3, 0.4) is 0 Å². The first-order chi connectivity index (χ1) is 12.0. The average molecular weight is 344 g/mol. The van der Waals surface area contributed by atoms with Gasteiger partial charge < -0.3 is 19.6 Å². The lowest BCUT2D eigenvalue weighted by Crippen LogP contribution is -2.44. The molecule has 1 heterocycles. The SMILES string of the molecule is COc1ccc(-c2nc(C(=O)NCC3(O)CCCCC3)c(C)o2)cc1. The molecule has 3 rings (SSSR count). The third-order valence-electron chi connectivity index (χ3n) is 4.71. The van der Waals surface area contributed by atoms with Crippen molar-refractivity contribution >= 4 is 5.91 Å². The lowest BCUT2D eigenvalue weighted by atomic mass is 9.85. The maximum Gasteiger partial charge on any atom is 0.273 e. The van der Waals surface area contributed by atoms with E-state index in [0.717, 1.165) is 43.4 Å². The number of benzene rings is 1. The van der Waals surface area contributed by atoms with E-state index in [1.807, 2.05) is 24.3 Å². The number of aromatic nitrogens is 1. The minimum absolute atomic E-state index is 0.246. The molecule has 134 valence electrons. The van der Waals surface area contributed by atoms with Crippen molar-refractivity contribution in [1.29, 1.82) is 0 Å². The number of aliphatic hydroxyl groups is 1. The van der Waals surface area contributed by atoms with Gasteiger partial charge >= 0.3 is 0 Å². The number of hydrogen-bond donors (Lipinski definition) is 2. The number of aryl methyl sites for hydroxylation is 1. The number of hydrogen-bond acceptors (Lipinski definition) is 5. The Morgan fingerprint density at radius 1 is 1.28 bits per heavy atom. The zero-order chi connectivity index (χ0) is 17.9. The van der Waals surface area contributed by atoms with Gasteiger partial charge in [0.1, 0.15) is 11.5 Å². The van der Waals surface area contributed by atoms with Crippen LogP contribution in [0.1, 0.15) is 48.4 Å². The highest BCUT2D eigenvalue weighted by molar-refractivity contribution is 5.93. The van der Waals surface area contributed by atoms with Crippen molar-refractivity contribution < 1.29 is 19.1 Å². The topological polar surface area (TPSA) is 84.6 Å². The zero-order valence-corrected chi connectivity index (χ0v) is 14.7. The second kappa shape index (κ2) is 7.27. The van der Waals surface area contributed by atoms with Gasteiger partial charge in [0.25, 0.3) is 5.91 Å². The first-order valence-corrected chi connectivity index (χ1v) is 8.63. The molecule has 1 amide bonds. The van der Waals surface area contributed by atoms with Gasteiger partial charge in [0, 0.05) is 12.1 Å². The van der Waals surface area contributed by atoms with Gasteiger partial charge in [-0.3, -0.25) is 4.79 Å². The molecule has 0 aliphatic heterocycles. The molecule has 1 aliphatic rings. The summed E-state index contributed by atoms with van der Waals surface area (Å²) in [6.07, 6.45) is 4.59. The van der Waals surface area contributed by atoms with Crippen LogP contribution < -0.4 is 10.1 Å². The largest absolute Gasteiger partial charge is 0.497 e. The lowest BCUT2D eigenvalue weighted by Gasteiger charge is -2.31. The number of nitrogens with zero attached hydrogens (tertiary/aromatic N) is 1. The van der Waals surface area contributed by atoms with Gasteiger partial charge in [-0.1, -0.05) is 19.3 Å². The van der Waals surface area contributed by atoms with E-state index < -0.39 is 5.60 Å². The van der Waals surface area contributed by atoms with Crippen LogP contribution in [0.5, 0.6) is 5.75 Å². The van der Waals surface area contributed by atoms with Crippen LogP contribution >= 0.6 is 0 Å². The summed E-state index contributed by atoms with van der Waals surface area (Å²) in [5, 5.41) is 13.3. The Kier molecular flexibility index (Phi) is 5.08. The molecule has 2 N–H and O–H groups in total. The summed E-state index contributed by atoms with van der Waals surface area (Å²) in [5.74, 6) is 1.27. The third-order valence-corrected chi connectivity index (χ3v) is 4.71. The smallest absolute Gasteiger partial charge is 0.273 e. The normalized spacial score (nSPS) is 16.4. The number of methoxy groups -OCH3 is 1. The van der Waals surface area contributed by atoms with Gasteiger partial charge in [-0.05, 0) is 44.0 Å². The molecule has 0 unspecified atom stereocenters. The molecule has 1 saturated carbocycles. The molecule has 6 heteroatoms. The summed E-state index contributed by atoms with van der Waals surface area (Å²) in [6.45, 7) is 1.96. The summed E-state index contributed by atoms with van der Waals surface area (Å²) in [6, 6.07) is 7.29. The van der Waals surface area contributed by atoms with E-state index in [9.17, 15) is 9.90 Å². The van der Waals surface area contributed by atoms with Crippen molar-refractivity contribution in [2.24, 2.45) is 0 Å². The number of nitrogens with one attached hydrogen (secondary N) is 1. The monoisotopic (exact) mass is 344 g/mol. The first kappa shape index (κ1) is 17.5. The molecule has 6 nitrogen and oxygen atoms in total. The van der Waals surface area contributed by atoms with Crippen molar-refractivity contribution in [2.75, 3.05) is 13.7 Å². The molecule has 0 radical (unpaired) electrons. The standard InChI is InChI=1S/C19H24N2O4/c1-13-16(17(22)20-12-19(23)10-4-3-5-11-19)21-18(25-13)14-6-8-15(24-2)9-7-14/h6-9,23H,3-5,10-12H2,1-2H3,(H,20,22). The van der Waals surface area contributed by atoms with Crippen LogP contribution in [0.25, 0.3) is 11.5 Å². The molecule has 0 saturated heterocycles. The number of carbonyl (C=O) groups excluding carboxylic acids is 1. The molecule has 1 aromatic heterocycles. The fourth-order valence-electron chi connectivity index (χ4n) is 3.18. The number of ether oxygens (including phenoxy) is 1. The molecule has 0 atom stereocenters. The third kappa shape index (κ3) is 4.02. The van der Waals surface area contributed by atoms with E-state index in [-0.39, 0.29) is 18.1 Å². The Morgan fingerprint density at radius 2 is 1.96 bits per heavy atom. The van der Waals surface area contributed by atoms with E-state index >= 15 is 0 Å². The van der Waals surface area contributed by atoms with Gasteiger partial charge in [0.05, 0.1) is 12.7 Å². The summed E-state index contributed by atoms with van der Waals surface area (Å²) in [5.41, 5.74) is 0.226. The van der Waals surface area contributed by atoms with Crippen molar-refractivity contribution in [3.8, 4) is 17.2 Å². The minimum Gasteiger partial charge on any atom is -0.497 e. The van der Waals surface area contributed by atoms with Gasteiger partial charge in [-0.2, -0.15) is 0 Å². The Balaban J connectivity index is 1.69. The predicted molar refractivity (Wildman–Crippen MR) is 93.6 cm³/mol. The Morgan fingerprint density at radius 3 is 2.60 bits per heavy atom. The maximum atomic E-state index is 12.4. The molecular formula is C19H24N2O4. The second-order valence-corrected chi connectivity index (χ2v) is 6.62. The average Bonchev–Trinajstić information content (AvgIpc) is 3.02. The summed E-state index contributed by atoms with van der Waals surface area (Å²) >= 11 is 0. The highest BCUT2D eigenvalue weighted by atomic mass is 16.5. The molecule has 1 fully saturated rings. The molecular weight excluding hydrogens is 320 g/mol. The van der Waals surface area contributed by atoms with E-state index in [1.165, 1.54) is 0 Å². The molecule has 2 aromatic rings. The summed E-state index contributed by atoms with van der Waals surface area (Å²) in [4.78, 5) is 16.8. The minimum atomic E-state index is -0.801.